The number of aromatic nitrogens is 2. The highest BCUT2D eigenvalue weighted by Gasteiger charge is 2.48. The second-order valence-corrected chi connectivity index (χ2v) is 30.6. The molecule has 4 atom stereocenters. The first-order valence-electron chi connectivity index (χ1n) is 38.2. The summed E-state index contributed by atoms with van der Waals surface area (Å²) < 4.78 is 1.34. The Kier molecular flexibility index (Phi) is 25.6. The van der Waals surface area contributed by atoms with Crippen molar-refractivity contribution in [3.05, 3.63) is 113 Å². The van der Waals surface area contributed by atoms with E-state index in [1.54, 1.807) is 9.80 Å². The fourth-order valence-electron chi connectivity index (χ4n) is 16.6. The Morgan fingerprint density at radius 3 is 1.38 bits per heavy atom. The molecule has 0 spiro atoms. The summed E-state index contributed by atoms with van der Waals surface area (Å²) >= 11 is 8.00. The number of amides is 4. The zero-order valence-corrected chi connectivity index (χ0v) is 60.9. The molecular formula is C82H108Br2N6O4. The smallest absolute Gasteiger partial charge is 0.261 e. The van der Waals surface area contributed by atoms with E-state index in [-0.39, 0.29) is 41.4 Å². The molecule has 11 rings (SSSR count). The first-order valence-corrected chi connectivity index (χ1v) is 39.7. The molecule has 4 aliphatic carbocycles. The minimum atomic E-state index is -0.463. The van der Waals surface area contributed by atoms with Crippen molar-refractivity contribution in [1.82, 2.24) is 19.8 Å². The lowest BCUT2D eigenvalue weighted by molar-refractivity contribution is -0.141. The summed E-state index contributed by atoms with van der Waals surface area (Å²) in [6, 6.07) is 7.46. The van der Waals surface area contributed by atoms with Crippen LogP contribution in [0.3, 0.4) is 0 Å². The number of aliphatic imine (C=N–C) groups is 1. The van der Waals surface area contributed by atoms with Gasteiger partial charge in [-0.25, -0.2) is 15.0 Å². The van der Waals surface area contributed by atoms with Gasteiger partial charge in [0.05, 0.1) is 25.7 Å². The number of allylic oxidation sites excluding steroid dienone is 4. The first-order chi connectivity index (χ1) is 46.1. The zero-order valence-electron chi connectivity index (χ0n) is 57.7. The number of hydrogen-bond donors (Lipinski definition) is 0. The Labute approximate surface area is 579 Å². The lowest BCUT2D eigenvalue weighted by Gasteiger charge is -2.37. The van der Waals surface area contributed by atoms with Crippen LogP contribution in [-0.4, -0.2) is 62.2 Å². The molecule has 0 N–H and O–H groups in total. The van der Waals surface area contributed by atoms with Crippen LogP contribution in [0.1, 0.15) is 328 Å². The zero-order chi connectivity index (χ0) is 65.5. The molecule has 10 nitrogen and oxygen atoms in total. The summed E-state index contributed by atoms with van der Waals surface area (Å²) in [7, 11) is 0. The molecule has 0 saturated carbocycles. The van der Waals surface area contributed by atoms with Crippen LogP contribution in [0.25, 0.3) is 33.0 Å². The van der Waals surface area contributed by atoms with E-state index < -0.39 is 6.04 Å². The summed E-state index contributed by atoms with van der Waals surface area (Å²) in [5.74, 6) is -0.555. The number of fused-ring (bicyclic) bond motifs is 7. The van der Waals surface area contributed by atoms with Crippen molar-refractivity contribution in [2.75, 3.05) is 13.1 Å². The van der Waals surface area contributed by atoms with E-state index >= 15 is 0 Å². The van der Waals surface area contributed by atoms with Gasteiger partial charge in [-0.15, -0.1) is 0 Å². The van der Waals surface area contributed by atoms with Crippen LogP contribution < -0.4 is 10.7 Å². The van der Waals surface area contributed by atoms with Crippen molar-refractivity contribution in [3.63, 3.8) is 0 Å². The molecule has 3 aromatic carbocycles. The third-order valence-electron chi connectivity index (χ3n) is 22.0. The molecule has 0 radical (unpaired) electrons. The van der Waals surface area contributed by atoms with E-state index in [4.69, 9.17) is 20.0 Å². The number of rotatable bonds is 44. The standard InChI is InChI=1S/C82H108Br2N6O4/c1-5-9-13-17-21-25-27-31-35-39-43-55(41-37-33-29-23-19-15-11-7-3)53-89-79(91)61-49-45-57-65-58(46-50-62(67(61)65)80(89)92)72-71(57)85-75-69(83)77-78(70(84)76(75)86-72)88-74-60-48-52-64-68-63(51-47-59(66(60)68)73(74)87-77)81(93)90(82(64)94)54-56(42-38-34-30-24-20-16-12-8-4)44-40-36-32-28-26-22-18-14-10-6-2/h45-52,55-56,65,73H,5-44,53-54H2,1-4H3. The average molecular weight is 1400 g/mol. The van der Waals surface area contributed by atoms with Gasteiger partial charge in [-0.2, -0.15) is 0 Å². The highest BCUT2D eigenvalue weighted by Crippen LogP contribution is 2.52. The van der Waals surface area contributed by atoms with Crippen molar-refractivity contribution < 1.29 is 19.2 Å². The van der Waals surface area contributed by atoms with Gasteiger partial charge in [0.1, 0.15) is 28.1 Å². The van der Waals surface area contributed by atoms with Crippen LogP contribution in [0.15, 0.2) is 84.2 Å². The van der Waals surface area contributed by atoms with Crippen molar-refractivity contribution in [3.8, 4) is 0 Å². The van der Waals surface area contributed by atoms with E-state index in [1.165, 1.54) is 205 Å². The fraction of sp³-hybridized carbons (Fsp3) is 0.610. The highest BCUT2D eigenvalue weighted by atomic mass is 79.9. The van der Waals surface area contributed by atoms with E-state index in [9.17, 15) is 19.2 Å². The predicted molar refractivity (Wildman–Crippen MR) is 394 cm³/mol. The van der Waals surface area contributed by atoms with E-state index in [2.05, 4.69) is 59.6 Å². The van der Waals surface area contributed by atoms with Crippen LogP contribution in [0.4, 0.5) is 5.69 Å². The van der Waals surface area contributed by atoms with E-state index in [0.29, 0.717) is 71.8 Å². The second kappa shape index (κ2) is 34.3. The second-order valence-electron chi connectivity index (χ2n) is 29.0. The van der Waals surface area contributed by atoms with E-state index in [0.717, 1.165) is 101 Å². The van der Waals surface area contributed by atoms with Crippen molar-refractivity contribution in [2.45, 2.75) is 291 Å². The van der Waals surface area contributed by atoms with Gasteiger partial charge >= 0.3 is 0 Å². The molecule has 0 fully saturated rings. The average Bonchev–Trinajstić information content (AvgIpc) is 1.55. The summed E-state index contributed by atoms with van der Waals surface area (Å²) in [6.07, 6.45) is 58.1. The Bertz CT molecular complexity index is 3700. The Morgan fingerprint density at radius 2 is 0.894 bits per heavy atom. The van der Waals surface area contributed by atoms with Crippen LogP contribution in [0.5, 0.6) is 0 Å². The largest absolute Gasteiger partial charge is 0.274 e. The molecule has 4 aromatic rings. The maximum atomic E-state index is 14.9. The summed E-state index contributed by atoms with van der Waals surface area (Å²) in [6.45, 7) is 10.0. The Balaban J connectivity index is 0.806. The van der Waals surface area contributed by atoms with Gasteiger partial charge in [0.15, 0.2) is 0 Å². The minimum Gasteiger partial charge on any atom is -0.274 e. The molecular weight excluding hydrogens is 1290 g/mol. The minimum absolute atomic E-state index is 0.186. The molecule has 4 amide bonds. The Morgan fingerprint density at radius 1 is 0.457 bits per heavy atom. The molecule has 0 bridgehead atoms. The molecule has 1 aromatic heterocycles. The summed E-state index contributed by atoms with van der Waals surface area (Å²) in [5, 5.41) is 2.97. The van der Waals surface area contributed by atoms with Crippen molar-refractivity contribution in [2.24, 2.45) is 27.7 Å². The molecule has 4 heterocycles. The van der Waals surface area contributed by atoms with Crippen molar-refractivity contribution in [1.29, 1.82) is 0 Å². The van der Waals surface area contributed by atoms with Gasteiger partial charge in [-0.1, -0.05) is 283 Å². The number of carbonyl (C=O) groups is 4. The highest BCUT2D eigenvalue weighted by molar-refractivity contribution is 9.11. The van der Waals surface area contributed by atoms with Gasteiger partial charge < -0.3 is 0 Å². The van der Waals surface area contributed by atoms with Gasteiger partial charge in [-0.3, -0.25) is 34.0 Å². The van der Waals surface area contributed by atoms with Crippen LogP contribution in [0, 0.1) is 17.8 Å². The molecule has 0 saturated heterocycles. The number of imide groups is 2. The predicted octanol–water partition coefficient (Wildman–Crippen LogP) is 22.0. The normalized spacial score (nSPS) is 17.9. The summed E-state index contributed by atoms with van der Waals surface area (Å²) in [4.78, 5) is 84.4. The monoisotopic (exact) mass is 1400 g/mol. The number of halogens is 2. The number of unbranched alkanes of at least 4 members (excludes halogenated alkanes) is 32. The lowest BCUT2D eigenvalue weighted by atomic mass is 9.73. The number of carbonyl (C=O) groups excluding carboxylic acids is 4. The maximum Gasteiger partial charge on any atom is 0.261 e. The quantitative estimate of drug-likeness (QED) is 0.0321. The molecule has 94 heavy (non-hydrogen) atoms. The lowest BCUT2D eigenvalue weighted by Crippen LogP contribution is -2.47. The van der Waals surface area contributed by atoms with Gasteiger partial charge in [-0.05, 0) is 121 Å². The fourth-order valence-corrected chi connectivity index (χ4v) is 17.7. The molecule has 12 heteroatoms. The summed E-state index contributed by atoms with van der Waals surface area (Å²) in [5.41, 5.74) is 10.2. The SMILES string of the molecule is CCCCCCCCCCCCC(CCCCCCCCCC)CN1C(=O)C2=CC=C3c4nc5c(Br)c6c(c(Br)c5nc4=C4C=CC(=C2C34)C1=O)N=C1c2ccc3c4c(ccc(c24)C1N=6)C(=O)N(CC(CCCCCCCCCC)CCCCCCCCCCCC)C3=O. The number of nitrogens with zero attached hydrogens (tertiary/aromatic N) is 6. The number of benzene rings is 3. The van der Waals surface area contributed by atoms with Gasteiger partial charge in [0, 0.05) is 52.2 Å². The van der Waals surface area contributed by atoms with E-state index in [1.807, 2.05) is 48.6 Å². The maximum absolute atomic E-state index is 14.9. The molecule has 504 valence electrons. The molecule has 3 aliphatic heterocycles. The van der Waals surface area contributed by atoms with Gasteiger partial charge in [0.25, 0.3) is 23.6 Å². The third-order valence-corrected chi connectivity index (χ3v) is 23.5. The molecule has 7 aliphatic rings. The number of hydrogen-bond acceptors (Lipinski definition) is 8. The van der Waals surface area contributed by atoms with Crippen LogP contribution >= 0.6 is 31.9 Å². The topological polar surface area (TPSA) is 125 Å². The first kappa shape index (κ1) is 70.1. The van der Waals surface area contributed by atoms with Gasteiger partial charge in [0.2, 0.25) is 0 Å². The Hall–Kier alpha value is -5.20. The van der Waals surface area contributed by atoms with Crippen LogP contribution in [0.2, 0.25) is 0 Å². The molecule has 4 unspecified atom stereocenters. The van der Waals surface area contributed by atoms with Crippen molar-refractivity contribution >= 4 is 99.8 Å². The van der Waals surface area contributed by atoms with Crippen LogP contribution in [-0.2, 0) is 9.59 Å². The third kappa shape index (κ3) is 15.5.